The SMILES string of the molecule is Cc1ccc(C(N)NN)c(C)c1. The Balaban J connectivity index is 3.01. The van der Waals surface area contributed by atoms with Crippen molar-refractivity contribution in [2.45, 2.75) is 20.0 Å². The molecule has 0 radical (unpaired) electrons. The molecule has 0 heterocycles. The second-order valence-corrected chi connectivity index (χ2v) is 3.00. The van der Waals surface area contributed by atoms with Gasteiger partial charge in [0.05, 0.1) is 6.17 Å². The van der Waals surface area contributed by atoms with Crippen LogP contribution in [-0.2, 0) is 0 Å². The van der Waals surface area contributed by atoms with Crippen LogP contribution >= 0.6 is 0 Å². The highest BCUT2D eigenvalue weighted by atomic mass is 15.3. The quantitative estimate of drug-likeness (QED) is 0.344. The van der Waals surface area contributed by atoms with Gasteiger partial charge in [-0.1, -0.05) is 23.8 Å². The smallest absolute Gasteiger partial charge is 0.0938 e. The molecule has 0 saturated heterocycles. The lowest BCUT2D eigenvalue weighted by Gasteiger charge is -2.13. The Bertz CT molecular complexity index is 270. The van der Waals surface area contributed by atoms with E-state index in [-0.39, 0.29) is 6.17 Å². The first-order valence-electron chi connectivity index (χ1n) is 3.94. The Kier molecular flexibility index (Phi) is 2.81. The fourth-order valence-electron chi connectivity index (χ4n) is 1.26. The van der Waals surface area contributed by atoms with Crippen LogP contribution in [0.25, 0.3) is 0 Å². The molecule has 12 heavy (non-hydrogen) atoms. The van der Waals surface area contributed by atoms with Gasteiger partial charge in [0.2, 0.25) is 0 Å². The highest BCUT2D eigenvalue weighted by Crippen LogP contribution is 2.14. The lowest BCUT2D eigenvalue weighted by molar-refractivity contribution is 0.574. The Morgan fingerprint density at radius 2 is 2.00 bits per heavy atom. The monoisotopic (exact) mass is 165 g/mol. The summed E-state index contributed by atoms with van der Waals surface area (Å²) in [7, 11) is 0. The molecule has 1 aromatic rings. The highest BCUT2D eigenvalue weighted by molar-refractivity contribution is 5.32. The van der Waals surface area contributed by atoms with Crippen LogP contribution in [0.1, 0.15) is 22.9 Å². The van der Waals surface area contributed by atoms with Crippen LogP contribution in [0.4, 0.5) is 0 Å². The van der Waals surface area contributed by atoms with Crippen LogP contribution in [0, 0.1) is 13.8 Å². The van der Waals surface area contributed by atoms with E-state index in [9.17, 15) is 0 Å². The lowest BCUT2D eigenvalue weighted by Crippen LogP contribution is -2.34. The van der Waals surface area contributed by atoms with Crippen molar-refractivity contribution < 1.29 is 0 Å². The fourth-order valence-corrected chi connectivity index (χ4v) is 1.26. The van der Waals surface area contributed by atoms with Crippen LogP contribution in [0.15, 0.2) is 18.2 Å². The predicted octanol–water partition coefficient (Wildman–Crippen LogP) is 0.724. The van der Waals surface area contributed by atoms with E-state index in [1.165, 1.54) is 11.1 Å². The maximum absolute atomic E-state index is 5.71. The molecule has 0 aliphatic rings. The molecule has 1 unspecified atom stereocenters. The van der Waals surface area contributed by atoms with Crippen LogP contribution in [0.3, 0.4) is 0 Å². The summed E-state index contributed by atoms with van der Waals surface area (Å²) < 4.78 is 0. The molecule has 1 aromatic carbocycles. The first kappa shape index (κ1) is 9.19. The summed E-state index contributed by atoms with van der Waals surface area (Å²) in [5.41, 5.74) is 11.7. The molecule has 0 spiro atoms. The van der Waals surface area contributed by atoms with Crippen molar-refractivity contribution in [3.63, 3.8) is 0 Å². The van der Waals surface area contributed by atoms with E-state index in [1.54, 1.807) is 0 Å². The van der Waals surface area contributed by atoms with E-state index in [4.69, 9.17) is 11.6 Å². The van der Waals surface area contributed by atoms with Gasteiger partial charge < -0.3 is 5.73 Å². The van der Waals surface area contributed by atoms with Gasteiger partial charge in [-0.25, -0.2) is 5.43 Å². The van der Waals surface area contributed by atoms with E-state index in [0.29, 0.717) is 0 Å². The standard InChI is InChI=1S/C9H15N3/c1-6-3-4-8(7(2)5-6)9(10)12-11/h3-5,9,12H,10-11H2,1-2H3. The largest absolute Gasteiger partial charge is 0.311 e. The highest BCUT2D eigenvalue weighted by Gasteiger charge is 2.05. The number of hydrogen-bond acceptors (Lipinski definition) is 3. The van der Waals surface area contributed by atoms with Crippen molar-refractivity contribution in [1.82, 2.24) is 5.43 Å². The summed E-state index contributed by atoms with van der Waals surface area (Å²) in [4.78, 5) is 0. The van der Waals surface area contributed by atoms with Crippen molar-refractivity contribution >= 4 is 0 Å². The number of nitrogens with two attached hydrogens (primary N) is 2. The molecule has 0 aliphatic carbocycles. The average molecular weight is 165 g/mol. The third kappa shape index (κ3) is 1.82. The third-order valence-corrected chi connectivity index (χ3v) is 1.94. The van der Waals surface area contributed by atoms with E-state index in [1.807, 2.05) is 19.1 Å². The molecule has 0 fully saturated rings. The molecule has 0 aliphatic heterocycles. The summed E-state index contributed by atoms with van der Waals surface area (Å²) in [6, 6.07) is 6.11. The maximum atomic E-state index is 5.71. The summed E-state index contributed by atoms with van der Waals surface area (Å²) in [5.74, 6) is 5.24. The second-order valence-electron chi connectivity index (χ2n) is 3.00. The Morgan fingerprint density at radius 3 is 2.50 bits per heavy atom. The molecule has 3 heteroatoms. The molecule has 0 aromatic heterocycles. The molecular weight excluding hydrogens is 150 g/mol. The van der Waals surface area contributed by atoms with Gasteiger partial charge in [-0.2, -0.15) is 0 Å². The zero-order valence-corrected chi connectivity index (χ0v) is 7.46. The molecule has 3 nitrogen and oxygen atoms in total. The van der Waals surface area contributed by atoms with Crippen molar-refractivity contribution in [3.8, 4) is 0 Å². The van der Waals surface area contributed by atoms with Gasteiger partial charge in [0.1, 0.15) is 0 Å². The van der Waals surface area contributed by atoms with Crippen molar-refractivity contribution in [2.75, 3.05) is 0 Å². The molecule has 1 atom stereocenters. The minimum atomic E-state index is -0.273. The van der Waals surface area contributed by atoms with Crippen LogP contribution in [0.5, 0.6) is 0 Å². The van der Waals surface area contributed by atoms with Gasteiger partial charge in [0, 0.05) is 0 Å². The van der Waals surface area contributed by atoms with E-state index < -0.39 is 0 Å². The maximum Gasteiger partial charge on any atom is 0.0938 e. The summed E-state index contributed by atoms with van der Waals surface area (Å²) in [6.45, 7) is 4.08. The minimum absolute atomic E-state index is 0.273. The van der Waals surface area contributed by atoms with Crippen molar-refractivity contribution in [3.05, 3.63) is 34.9 Å². The molecular formula is C9H15N3. The van der Waals surface area contributed by atoms with Crippen LogP contribution in [-0.4, -0.2) is 0 Å². The number of nitrogens with one attached hydrogen (secondary N) is 1. The Labute approximate surface area is 72.7 Å². The van der Waals surface area contributed by atoms with E-state index in [2.05, 4.69) is 18.4 Å². The summed E-state index contributed by atoms with van der Waals surface area (Å²) in [6.07, 6.45) is -0.273. The van der Waals surface area contributed by atoms with Crippen molar-refractivity contribution in [1.29, 1.82) is 0 Å². The van der Waals surface area contributed by atoms with E-state index in [0.717, 1.165) is 5.56 Å². The normalized spacial score (nSPS) is 13.0. The molecule has 5 N–H and O–H groups in total. The number of rotatable bonds is 2. The number of benzene rings is 1. The number of hydrazine groups is 1. The third-order valence-electron chi connectivity index (χ3n) is 1.94. The summed E-state index contributed by atoms with van der Waals surface area (Å²) in [5, 5.41) is 0. The predicted molar refractivity (Wildman–Crippen MR) is 50.2 cm³/mol. The number of hydrogen-bond donors (Lipinski definition) is 3. The number of aryl methyl sites for hydroxylation is 2. The topological polar surface area (TPSA) is 64.1 Å². The molecule has 1 rings (SSSR count). The first-order chi connectivity index (χ1) is 5.65. The van der Waals surface area contributed by atoms with Gasteiger partial charge in [-0.3, -0.25) is 5.84 Å². The Hall–Kier alpha value is -0.900. The van der Waals surface area contributed by atoms with Crippen molar-refractivity contribution in [2.24, 2.45) is 11.6 Å². The van der Waals surface area contributed by atoms with Gasteiger partial charge in [0.25, 0.3) is 0 Å². The molecule has 0 saturated carbocycles. The first-order valence-corrected chi connectivity index (χ1v) is 3.94. The second kappa shape index (κ2) is 3.67. The van der Waals surface area contributed by atoms with E-state index >= 15 is 0 Å². The zero-order chi connectivity index (χ0) is 9.14. The zero-order valence-electron chi connectivity index (χ0n) is 7.46. The van der Waals surface area contributed by atoms with Gasteiger partial charge >= 0.3 is 0 Å². The average Bonchev–Trinajstić information content (AvgIpc) is 2.03. The molecule has 0 amide bonds. The van der Waals surface area contributed by atoms with Gasteiger partial charge in [-0.05, 0) is 25.0 Å². The summed E-state index contributed by atoms with van der Waals surface area (Å²) >= 11 is 0. The Morgan fingerprint density at radius 1 is 1.33 bits per heavy atom. The minimum Gasteiger partial charge on any atom is -0.311 e. The molecule has 0 bridgehead atoms. The van der Waals surface area contributed by atoms with Gasteiger partial charge in [0.15, 0.2) is 0 Å². The van der Waals surface area contributed by atoms with Crippen LogP contribution in [0.2, 0.25) is 0 Å². The van der Waals surface area contributed by atoms with Gasteiger partial charge in [-0.15, -0.1) is 0 Å². The molecule has 66 valence electrons. The fraction of sp³-hybridized carbons (Fsp3) is 0.333. The van der Waals surface area contributed by atoms with Crippen LogP contribution < -0.4 is 17.0 Å². The lowest BCUT2D eigenvalue weighted by atomic mass is 10.0.